The van der Waals surface area contributed by atoms with Crippen molar-refractivity contribution < 1.29 is 28.5 Å². The van der Waals surface area contributed by atoms with Gasteiger partial charge in [-0.2, -0.15) is 0 Å². The van der Waals surface area contributed by atoms with Gasteiger partial charge in [0.15, 0.2) is 11.5 Å². The number of carbonyl (C=O) groups is 1. The van der Waals surface area contributed by atoms with Crippen LogP contribution in [0.25, 0.3) is 12.2 Å². The maximum Gasteiger partial charge on any atom is 0.417 e. The van der Waals surface area contributed by atoms with Gasteiger partial charge < -0.3 is 23.7 Å². The maximum atomic E-state index is 12.4. The Balaban J connectivity index is 1.82. The average molecular weight is 450 g/mol. The van der Waals surface area contributed by atoms with E-state index in [1.54, 1.807) is 45.6 Å². The third kappa shape index (κ3) is 5.98. The molecule has 0 aliphatic heterocycles. The minimum Gasteiger partial charge on any atom is -0.495 e. The van der Waals surface area contributed by atoms with E-state index in [9.17, 15) is 4.79 Å². The van der Waals surface area contributed by atoms with Gasteiger partial charge in [-0.15, -0.1) is 0 Å². The molecule has 0 aliphatic carbocycles. The summed E-state index contributed by atoms with van der Waals surface area (Å²) in [4.78, 5) is 12.4. The molecule has 0 saturated carbocycles. The lowest BCUT2D eigenvalue weighted by Gasteiger charge is -2.13. The minimum atomic E-state index is -0.607. The SMILES string of the molecule is COc1ccc(/C=C\c2cc(OC)c(OC)c(OC)c2)cc1NC(=O)Oc1cccc(C)c1. The number of carbonyl (C=O) groups excluding carboxylic acids is 1. The highest BCUT2D eigenvalue weighted by Crippen LogP contribution is 2.38. The second kappa shape index (κ2) is 10.9. The van der Waals surface area contributed by atoms with E-state index >= 15 is 0 Å². The zero-order valence-corrected chi connectivity index (χ0v) is 19.3. The number of hydrogen-bond acceptors (Lipinski definition) is 6. The summed E-state index contributed by atoms with van der Waals surface area (Å²) in [7, 11) is 6.24. The standard InChI is InChI=1S/C26H27NO6/c1-17-7-6-8-20(13-17)33-26(28)27-21-14-18(11-12-22(21)29-2)9-10-19-15-23(30-3)25(32-5)24(16-19)31-4/h6-16H,1-5H3,(H,27,28)/b10-9-. The Morgan fingerprint density at radius 3 is 2.03 bits per heavy atom. The van der Waals surface area contributed by atoms with Crippen LogP contribution in [0, 0.1) is 6.92 Å². The van der Waals surface area contributed by atoms with Crippen molar-refractivity contribution in [2.75, 3.05) is 33.8 Å². The molecule has 0 fully saturated rings. The molecule has 1 amide bonds. The molecule has 7 nitrogen and oxygen atoms in total. The van der Waals surface area contributed by atoms with Crippen LogP contribution in [0.1, 0.15) is 16.7 Å². The van der Waals surface area contributed by atoms with Crippen LogP contribution in [0.15, 0.2) is 54.6 Å². The Hall–Kier alpha value is -4.13. The van der Waals surface area contributed by atoms with Crippen molar-refractivity contribution in [1.29, 1.82) is 0 Å². The highest BCUT2D eigenvalue weighted by Gasteiger charge is 2.13. The number of nitrogens with one attached hydrogen (secondary N) is 1. The Labute approximate surface area is 193 Å². The molecule has 0 aromatic heterocycles. The van der Waals surface area contributed by atoms with E-state index in [1.807, 2.05) is 49.4 Å². The fraction of sp³-hybridized carbons (Fsp3) is 0.192. The summed E-state index contributed by atoms with van der Waals surface area (Å²) >= 11 is 0. The average Bonchev–Trinajstić information content (AvgIpc) is 2.82. The third-order valence-corrected chi connectivity index (χ3v) is 4.82. The van der Waals surface area contributed by atoms with Gasteiger partial charge in [0.2, 0.25) is 5.75 Å². The predicted molar refractivity (Wildman–Crippen MR) is 129 cm³/mol. The first kappa shape index (κ1) is 23.5. The smallest absolute Gasteiger partial charge is 0.417 e. The number of ether oxygens (including phenoxy) is 5. The predicted octanol–water partition coefficient (Wildman–Crippen LogP) is 5.81. The summed E-state index contributed by atoms with van der Waals surface area (Å²) in [5.74, 6) is 2.63. The molecule has 172 valence electrons. The fourth-order valence-corrected chi connectivity index (χ4v) is 3.24. The molecule has 3 rings (SSSR count). The molecule has 0 bridgehead atoms. The van der Waals surface area contributed by atoms with E-state index in [1.165, 1.54) is 7.11 Å². The number of methoxy groups -OCH3 is 4. The Bertz CT molecular complexity index is 1130. The topological polar surface area (TPSA) is 75.3 Å². The van der Waals surface area contributed by atoms with Crippen LogP contribution < -0.4 is 29.0 Å². The van der Waals surface area contributed by atoms with Crippen LogP contribution >= 0.6 is 0 Å². The Kier molecular flexibility index (Phi) is 7.81. The quantitative estimate of drug-likeness (QED) is 0.438. The monoisotopic (exact) mass is 449 g/mol. The van der Waals surface area contributed by atoms with Gasteiger partial charge in [-0.1, -0.05) is 30.4 Å². The van der Waals surface area contributed by atoms with Crippen molar-refractivity contribution in [3.63, 3.8) is 0 Å². The molecule has 0 saturated heterocycles. The molecule has 3 aromatic rings. The van der Waals surface area contributed by atoms with Gasteiger partial charge in [-0.25, -0.2) is 4.79 Å². The molecular formula is C26H27NO6. The van der Waals surface area contributed by atoms with Crippen LogP contribution in [-0.2, 0) is 0 Å². The van der Waals surface area contributed by atoms with Crippen molar-refractivity contribution in [3.8, 4) is 28.7 Å². The minimum absolute atomic E-state index is 0.463. The van der Waals surface area contributed by atoms with Crippen LogP contribution in [0.3, 0.4) is 0 Å². The lowest BCUT2D eigenvalue weighted by atomic mass is 10.1. The summed E-state index contributed by atoms with van der Waals surface area (Å²) in [5, 5.41) is 2.74. The number of aryl methyl sites for hydroxylation is 1. The summed E-state index contributed by atoms with van der Waals surface area (Å²) in [6, 6.07) is 16.4. The van der Waals surface area contributed by atoms with Crippen LogP contribution in [0.5, 0.6) is 28.7 Å². The molecular weight excluding hydrogens is 422 g/mol. The molecule has 1 N–H and O–H groups in total. The second-order valence-corrected chi connectivity index (χ2v) is 7.08. The molecule has 33 heavy (non-hydrogen) atoms. The molecule has 0 aliphatic rings. The van der Waals surface area contributed by atoms with E-state index in [-0.39, 0.29) is 0 Å². The van der Waals surface area contributed by atoms with Crippen molar-refractivity contribution in [1.82, 2.24) is 0 Å². The summed E-state index contributed by atoms with van der Waals surface area (Å²) in [5.41, 5.74) is 3.18. The molecule has 0 radical (unpaired) electrons. The maximum absolute atomic E-state index is 12.4. The van der Waals surface area contributed by atoms with Crippen molar-refractivity contribution in [3.05, 3.63) is 71.3 Å². The van der Waals surface area contributed by atoms with E-state index in [0.29, 0.717) is 34.4 Å². The zero-order chi connectivity index (χ0) is 23.8. The Morgan fingerprint density at radius 2 is 1.42 bits per heavy atom. The molecule has 0 unspecified atom stereocenters. The normalized spacial score (nSPS) is 10.6. The molecule has 0 spiro atoms. The molecule has 0 atom stereocenters. The van der Waals surface area contributed by atoms with Crippen LogP contribution in [0.4, 0.5) is 10.5 Å². The number of amides is 1. The first-order valence-corrected chi connectivity index (χ1v) is 10.2. The molecule has 3 aromatic carbocycles. The van der Waals surface area contributed by atoms with E-state index in [2.05, 4.69) is 5.32 Å². The summed E-state index contributed by atoms with van der Waals surface area (Å²) < 4.78 is 26.9. The molecule has 0 heterocycles. The van der Waals surface area contributed by atoms with Crippen LogP contribution in [-0.4, -0.2) is 34.5 Å². The van der Waals surface area contributed by atoms with Gasteiger partial charge in [-0.3, -0.25) is 5.32 Å². The Morgan fingerprint density at radius 1 is 0.758 bits per heavy atom. The lowest BCUT2D eigenvalue weighted by molar-refractivity contribution is 0.215. The highest BCUT2D eigenvalue weighted by molar-refractivity contribution is 5.89. The number of rotatable bonds is 8. The van der Waals surface area contributed by atoms with E-state index in [4.69, 9.17) is 23.7 Å². The van der Waals surface area contributed by atoms with Gasteiger partial charge in [0.1, 0.15) is 11.5 Å². The third-order valence-electron chi connectivity index (χ3n) is 4.82. The number of anilines is 1. The van der Waals surface area contributed by atoms with Gasteiger partial charge in [0.05, 0.1) is 34.1 Å². The summed E-state index contributed by atoms with van der Waals surface area (Å²) in [6.45, 7) is 1.93. The van der Waals surface area contributed by atoms with Crippen molar-refractivity contribution in [2.24, 2.45) is 0 Å². The first-order valence-electron chi connectivity index (χ1n) is 10.2. The fourth-order valence-electron chi connectivity index (χ4n) is 3.24. The van der Waals surface area contributed by atoms with E-state index in [0.717, 1.165) is 16.7 Å². The number of benzene rings is 3. The zero-order valence-electron chi connectivity index (χ0n) is 19.3. The van der Waals surface area contributed by atoms with Crippen molar-refractivity contribution in [2.45, 2.75) is 6.92 Å². The first-order chi connectivity index (χ1) is 16.0. The number of hydrogen-bond donors (Lipinski definition) is 1. The van der Waals surface area contributed by atoms with Crippen molar-refractivity contribution >= 4 is 23.9 Å². The van der Waals surface area contributed by atoms with Gasteiger partial charge in [-0.05, 0) is 60.0 Å². The van der Waals surface area contributed by atoms with Gasteiger partial charge in [0, 0.05) is 0 Å². The van der Waals surface area contributed by atoms with E-state index < -0.39 is 6.09 Å². The largest absolute Gasteiger partial charge is 0.495 e. The highest BCUT2D eigenvalue weighted by atomic mass is 16.6. The summed E-state index contributed by atoms with van der Waals surface area (Å²) in [6.07, 6.45) is 3.20. The molecule has 7 heteroatoms. The van der Waals surface area contributed by atoms with Crippen LogP contribution in [0.2, 0.25) is 0 Å². The second-order valence-electron chi connectivity index (χ2n) is 7.08. The van der Waals surface area contributed by atoms with Gasteiger partial charge >= 0.3 is 6.09 Å². The van der Waals surface area contributed by atoms with Gasteiger partial charge in [0.25, 0.3) is 0 Å². The lowest BCUT2D eigenvalue weighted by Crippen LogP contribution is -2.17.